The van der Waals surface area contributed by atoms with E-state index in [1.165, 1.54) is 12.1 Å². The first-order chi connectivity index (χ1) is 8.63. The molecule has 0 spiro atoms. The fourth-order valence-electron chi connectivity index (χ4n) is 2.02. The predicted molar refractivity (Wildman–Crippen MR) is 69.1 cm³/mol. The Bertz CT molecular complexity index is 453. The molecule has 1 heterocycles. The molecule has 0 fully saturated rings. The molecule has 1 N–H and O–H groups in total. The lowest BCUT2D eigenvalue weighted by Gasteiger charge is -2.20. The minimum Gasteiger partial charge on any atom is -0.496 e. The van der Waals surface area contributed by atoms with Crippen LogP contribution in [0, 0.1) is 11.6 Å². The zero-order valence-electron chi connectivity index (χ0n) is 9.97. The summed E-state index contributed by atoms with van der Waals surface area (Å²) in [6.07, 6.45) is 2.64. The van der Waals surface area contributed by atoms with Gasteiger partial charge in [0.2, 0.25) is 0 Å². The smallest absolute Gasteiger partial charge is 0.132 e. The van der Waals surface area contributed by atoms with Crippen molar-refractivity contribution in [1.29, 1.82) is 0 Å². The van der Waals surface area contributed by atoms with E-state index >= 15 is 0 Å². The second-order valence-electron chi connectivity index (χ2n) is 4.02. The first-order valence-corrected chi connectivity index (χ1v) is 6.63. The quantitative estimate of drug-likeness (QED) is 0.914. The van der Waals surface area contributed by atoms with Crippen LogP contribution >= 0.6 is 15.9 Å². The molecule has 1 aliphatic rings. The monoisotopic (exact) mass is 317 g/mol. The highest BCUT2D eigenvalue weighted by atomic mass is 79.9. The summed E-state index contributed by atoms with van der Waals surface area (Å²) in [5.41, 5.74) is 0.00759. The molecule has 0 aromatic heterocycles. The average Bonchev–Trinajstić information content (AvgIpc) is 2.79. The first-order valence-electron chi connectivity index (χ1n) is 5.84. The summed E-state index contributed by atoms with van der Waals surface area (Å²) >= 11 is 3.07. The number of halogens is 3. The van der Waals surface area contributed by atoms with E-state index in [1.807, 2.05) is 13.0 Å². The lowest BCUT2D eigenvalue weighted by Crippen LogP contribution is -2.25. The average molecular weight is 318 g/mol. The van der Waals surface area contributed by atoms with Gasteiger partial charge in [-0.15, -0.1) is 0 Å². The van der Waals surface area contributed by atoms with Gasteiger partial charge in [0.25, 0.3) is 0 Å². The molecule has 2 nitrogen and oxygen atoms in total. The minimum absolute atomic E-state index is 0.00759. The predicted octanol–water partition coefficient (Wildman–Crippen LogP) is 3.68. The third kappa shape index (κ3) is 2.72. The number of hydrogen-bond acceptors (Lipinski definition) is 2. The molecule has 2 rings (SSSR count). The van der Waals surface area contributed by atoms with Crippen LogP contribution in [0.25, 0.3) is 0 Å². The third-order valence-corrected chi connectivity index (χ3v) is 3.22. The van der Waals surface area contributed by atoms with E-state index in [4.69, 9.17) is 4.74 Å². The normalized spacial score (nSPS) is 16.3. The molecule has 1 aromatic carbocycles. The molecule has 5 heteroatoms. The summed E-state index contributed by atoms with van der Waals surface area (Å²) in [4.78, 5) is 0. The zero-order valence-corrected chi connectivity index (χ0v) is 11.6. The number of hydrogen-bond donors (Lipinski definition) is 1. The standard InChI is InChI=1S/C13H14BrF2NO/c1-2-17-13(11-4-3-5-18-11)12-9(15)6-8(14)7-10(12)16/h4,6-7,13,17H,2-3,5H2,1H3. The molecule has 98 valence electrons. The van der Waals surface area contributed by atoms with Crippen molar-refractivity contribution in [2.45, 2.75) is 19.4 Å². The highest BCUT2D eigenvalue weighted by Gasteiger charge is 2.26. The summed E-state index contributed by atoms with van der Waals surface area (Å²) in [5, 5.41) is 3.05. The highest BCUT2D eigenvalue weighted by molar-refractivity contribution is 9.10. The summed E-state index contributed by atoms with van der Waals surface area (Å²) in [5.74, 6) is -0.564. The van der Waals surface area contributed by atoms with Gasteiger partial charge < -0.3 is 10.1 Å². The fraction of sp³-hybridized carbons (Fsp3) is 0.385. The lowest BCUT2D eigenvalue weighted by molar-refractivity contribution is 0.213. The van der Waals surface area contributed by atoms with Crippen LogP contribution in [0.4, 0.5) is 8.78 Å². The number of likely N-dealkylation sites (N-methyl/N-ethyl adjacent to an activating group) is 1. The maximum Gasteiger partial charge on any atom is 0.132 e. The maximum absolute atomic E-state index is 13.9. The second-order valence-corrected chi connectivity index (χ2v) is 4.93. The van der Waals surface area contributed by atoms with Crippen molar-refractivity contribution in [2.75, 3.05) is 13.2 Å². The molecule has 1 aliphatic heterocycles. The van der Waals surface area contributed by atoms with Crippen molar-refractivity contribution < 1.29 is 13.5 Å². The van der Waals surface area contributed by atoms with Crippen molar-refractivity contribution in [3.8, 4) is 0 Å². The molecule has 18 heavy (non-hydrogen) atoms. The van der Waals surface area contributed by atoms with Crippen LogP contribution in [0.3, 0.4) is 0 Å². The summed E-state index contributed by atoms with van der Waals surface area (Å²) in [6.45, 7) is 3.05. The van der Waals surface area contributed by atoms with Crippen LogP contribution in [-0.2, 0) is 4.74 Å². The van der Waals surface area contributed by atoms with E-state index in [2.05, 4.69) is 21.2 Å². The van der Waals surface area contributed by atoms with Gasteiger partial charge in [-0.05, 0) is 24.8 Å². The van der Waals surface area contributed by atoms with Crippen molar-refractivity contribution in [3.05, 3.63) is 45.6 Å². The van der Waals surface area contributed by atoms with Gasteiger partial charge in [-0.3, -0.25) is 0 Å². The van der Waals surface area contributed by atoms with Gasteiger partial charge in [-0.2, -0.15) is 0 Å². The Morgan fingerprint density at radius 2 is 2.06 bits per heavy atom. The molecule has 0 bridgehead atoms. The largest absolute Gasteiger partial charge is 0.496 e. The SMILES string of the molecule is CCNC(C1=CCCO1)c1c(F)cc(Br)cc1F. The van der Waals surface area contributed by atoms with Crippen molar-refractivity contribution >= 4 is 15.9 Å². The molecule has 0 radical (unpaired) electrons. The van der Waals surface area contributed by atoms with Crippen molar-refractivity contribution in [3.63, 3.8) is 0 Å². The molecule has 1 aromatic rings. The highest BCUT2D eigenvalue weighted by Crippen LogP contribution is 2.31. The summed E-state index contributed by atoms with van der Waals surface area (Å²) in [7, 11) is 0. The van der Waals surface area contributed by atoms with Crippen LogP contribution < -0.4 is 5.32 Å². The van der Waals surface area contributed by atoms with Gasteiger partial charge >= 0.3 is 0 Å². The molecule has 1 unspecified atom stereocenters. The van der Waals surface area contributed by atoms with Gasteiger partial charge in [-0.1, -0.05) is 22.9 Å². The zero-order chi connectivity index (χ0) is 13.1. The van der Waals surface area contributed by atoms with E-state index < -0.39 is 17.7 Å². The molecule has 0 amide bonds. The Balaban J connectivity index is 2.42. The fourth-order valence-corrected chi connectivity index (χ4v) is 2.42. The molecular weight excluding hydrogens is 304 g/mol. The Hall–Kier alpha value is -0.940. The van der Waals surface area contributed by atoms with E-state index in [0.717, 1.165) is 6.42 Å². The van der Waals surface area contributed by atoms with Gasteiger partial charge in [0.05, 0.1) is 12.6 Å². The summed E-state index contributed by atoms with van der Waals surface area (Å²) in [6, 6.07) is 1.96. The van der Waals surface area contributed by atoms with Gasteiger partial charge in [0.1, 0.15) is 17.4 Å². The van der Waals surface area contributed by atoms with E-state index in [-0.39, 0.29) is 5.56 Å². The van der Waals surface area contributed by atoms with Crippen LogP contribution in [0.1, 0.15) is 24.9 Å². The molecule has 0 saturated heterocycles. The Morgan fingerprint density at radius 3 is 2.56 bits per heavy atom. The lowest BCUT2D eigenvalue weighted by atomic mass is 10.0. The number of nitrogens with one attached hydrogen (secondary N) is 1. The Morgan fingerprint density at radius 1 is 1.39 bits per heavy atom. The topological polar surface area (TPSA) is 21.3 Å². The summed E-state index contributed by atoms with van der Waals surface area (Å²) < 4.78 is 33.7. The minimum atomic E-state index is -0.579. The van der Waals surface area contributed by atoms with Gasteiger partial charge in [-0.25, -0.2) is 8.78 Å². The second kappa shape index (κ2) is 5.80. The third-order valence-electron chi connectivity index (χ3n) is 2.76. The molecule has 0 saturated carbocycles. The van der Waals surface area contributed by atoms with Crippen LogP contribution in [0.5, 0.6) is 0 Å². The number of rotatable bonds is 4. The van der Waals surface area contributed by atoms with Gasteiger partial charge in [0.15, 0.2) is 0 Å². The van der Waals surface area contributed by atoms with E-state index in [9.17, 15) is 8.78 Å². The number of ether oxygens (including phenoxy) is 1. The first kappa shape index (κ1) is 13.5. The number of benzene rings is 1. The molecular formula is C13H14BrF2NO. The molecule has 1 atom stereocenters. The van der Waals surface area contributed by atoms with E-state index in [1.54, 1.807) is 0 Å². The Labute approximate surface area is 113 Å². The Kier molecular flexibility index (Phi) is 4.35. The van der Waals surface area contributed by atoms with Crippen LogP contribution in [0.2, 0.25) is 0 Å². The maximum atomic E-state index is 13.9. The van der Waals surface area contributed by atoms with Crippen molar-refractivity contribution in [1.82, 2.24) is 5.32 Å². The van der Waals surface area contributed by atoms with Crippen molar-refractivity contribution in [2.24, 2.45) is 0 Å². The van der Waals surface area contributed by atoms with E-state index in [0.29, 0.717) is 23.4 Å². The van der Waals surface area contributed by atoms with Crippen LogP contribution in [0.15, 0.2) is 28.4 Å². The van der Waals surface area contributed by atoms with Crippen LogP contribution in [-0.4, -0.2) is 13.2 Å². The van der Waals surface area contributed by atoms with Gasteiger partial charge in [0, 0.05) is 16.5 Å². The molecule has 0 aliphatic carbocycles.